The number of hydrogen-bond acceptors (Lipinski definition) is 1. The van der Waals surface area contributed by atoms with Gasteiger partial charge in [0.05, 0.1) is 5.56 Å². The summed E-state index contributed by atoms with van der Waals surface area (Å²) in [7, 11) is 0. The van der Waals surface area contributed by atoms with Crippen LogP contribution in [0.2, 0.25) is 0 Å². The van der Waals surface area contributed by atoms with Gasteiger partial charge in [-0.05, 0) is 11.5 Å². The van der Waals surface area contributed by atoms with E-state index in [1.165, 1.54) is 6.07 Å². The van der Waals surface area contributed by atoms with Gasteiger partial charge < -0.3 is 0 Å². The van der Waals surface area contributed by atoms with Gasteiger partial charge in [-0.1, -0.05) is 54.6 Å². The van der Waals surface area contributed by atoms with Crippen LogP contribution < -0.4 is 0 Å². The van der Waals surface area contributed by atoms with Crippen LogP contribution in [0.25, 0.3) is 21.9 Å². The minimum Gasteiger partial charge on any atom is -0.206 e. The lowest BCUT2D eigenvalue weighted by Gasteiger charge is -2.08. The van der Waals surface area contributed by atoms with Crippen LogP contribution in [0, 0.1) is 17.1 Å². The predicted molar refractivity (Wildman–Crippen MR) is 74.1 cm³/mol. The Hall–Kier alpha value is -2.66. The Balaban J connectivity index is 2.37. The van der Waals surface area contributed by atoms with E-state index < -0.39 is 0 Å². The number of rotatable bonds is 1. The fourth-order valence-electron chi connectivity index (χ4n) is 2.30. The molecule has 0 amide bonds. The number of benzene rings is 3. The van der Waals surface area contributed by atoms with Gasteiger partial charge in [-0.25, -0.2) is 4.39 Å². The first-order valence-corrected chi connectivity index (χ1v) is 5.98. The monoisotopic (exact) mass is 247 g/mol. The van der Waals surface area contributed by atoms with Crippen molar-refractivity contribution in [1.29, 1.82) is 5.26 Å². The first-order valence-electron chi connectivity index (χ1n) is 5.98. The molecular formula is C17H10FN. The molecule has 3 rings (SSSR count). The maximum absolute atomic E-state index is 13.9. The summed E-state index contributed by atoms with van der Waals surface area (Å²) < 4.78 is 13.9. The first kappa shape index (κ1) is 11.4. The molecule has 0 atom stereocenters. The zero-order valence-electron chi connectivity index (χ0n) is 10.1. The number of nitrogens with zero attached hydrogens (tertiary/aromatic N) is 1. The summed E-state index contributed by atoms with van der Waals surface area (Å²) in [6.07, 6.45) is 0. The molecule has 0 unspecified atom stereocenters. The number of hydrogen-bond donors (Lipinski definition) is 0. The van der Waals surface area contributed by atoms with Gasteiger partial charge in [-0.2, -0.15) is 5.26 Å². The fourth-order valence-corrected chi connectivity index (χ4v) is 2.30. The summed E-state index contributed by atoms with van der Waals surface area (Å²) in [5.41, 5.74) is 1.62. The molecule has 0 saturated heterocycles. The van der Waals surface area contributed by atoms with Crippen LogP contribution in [-0.4, -0.2) is 0 Å². The van der Waals surface area contributed by atoms with Gasteiger partial charge in [0.1, 0.15) is 11.9 Å². The SMILES string of the molecule is N#Cc1c(-c2ccccc2F)ccc2ccccc12. The highest BCUT2D eigenvalue weighted by molar-refractivity contribution is 5.94. The smallest absolute Gasteiger partial charge is 0.131 e. The minimum absolute atomic E-state index is 0.311. The second-order valence-corrected chi connectivity index (χ2v) is 4.30. The normalized spacial score (nSPS) is 10.3. The number of fused-ring (bicyclic) bond motifs is 1. The summed E-state index contributed by atoms with van der Waals surface area (Å²) in [6.45, 7) is 0. The van der Waals surface area contributed by atoms with Crippen LogP contribution in [0.4, 0.5) is 4.39 Å². The van der Waals surface area contributed by atoms with Crippen LogP contribution in [0.5, 0.6) is 0 Å². The minimum atomic E-state index is -0.311. The summed E-state index contributed by atoms with van der Waals surface area (Å²) in [5, 5.41) is 11.2. The highest BCUT2D eigenvalue weighted by Gasteiger charge is 2.11. The van der Waals surface area contributed by atoms with E-state index >= 15 is 0 Å². The molecule has 0 aliphatic heterocycles. The van der Waals surface area contributed by atoms with Crippen molar-refractivity contribution in [3.05, 3.63) is 72.0 Å². The lowest BCUT2D eigenvalue weighted by atomic mass is 9.95. The third-order valence-electron chi connectivity index (χ3n) is 3.20. The van der Waals surface area contributed by atoms with Crippen molar-refractivity contribution < 1.29 is 4.39 Å². The zero-order valence-corrected chi connectivity index (χ0v) is 10.1. The number of halogens is 1. The number of nitriles is 1. The molecule has 0 bridgehead atoms. The topological polar surface area (TPSA) is 23.8 Å². The van der Waals surface area contributed by atoms with E-state index in [1.807, 2.05) is 30.3 Å². The fraction of sp³-hybridized carbons (Fsp3) is 0. The Morgan fingerprint density at radius 2 is 1.53 bits per heavy atom. The van der Waals surface area contributed by atoms with Crippen LogP contribution in [0.1, 0.15) is 5.56 Å². The van der Waals surface area contributed by atoms with Crippen LogP contribution in [0.15, 0.2) is 60.7 Å². The predicted octanol–water partition coefficient (Wildman–Crippen LogP) is 4.52. The molecule has 90 valence electrons. The molecule has 0 heterocycles. The largest absolute Gasteiger partial charge is 0.206 e. The van der Waals surface area contributed by atoms with E-state index in [4.69, 9.17) is 0 Å². The second kappa shape index (κ2) is 4.55. The van der Waals surface area contributed by atoms with Crippen molar-refractivity contribution in [3.63, 3.8) is 0 Å². The van der Waals surface area contributed by atoms with E-state index in [9.17, 15) is 9.65 Å². The average Bonchev–Trinajstić information content (AvgIpc) is 2.46. The van der Waals surface area contributed by atoms with Crippen LogP contribution in [0.3, 0.4) is 0 Å². The molecule has 0 saturated carbocycles. The quantitative estimate of drug-likeness (QED) is 0.620. The highest BCUT2D eigenvalue weighted by Crippen LogP contribution is 2.31. The maximum atomic E-state index is 13.9. The molecule has 0 fully saturated rings. The van der Waals surface area contributed by atoms with Crippen LogP contribution >= 0.6 is 0 Å². The lowest BCUT2D eigenvalue weighted by Crippen LogP contribution is -1.89. The Morgan fingerprint density at radius 3 is 2.32 bits per heavy atom. The van der Waals surface area contributed by atoms with E-state index in [0.717, 1.165) is 10.8 Å². The first-order chi connectivity index (χ1) is 9.31. The molecule has 0 aliphatic rings. The van der Waals surface area contributed by atoms with Gasteiger partial charge in [0.25, 0.3) is 0 Å². The second-order valence-electron chi connectivity index (χ2n) is 4.30. The van der Waals surface area contributed by atoms with Crippen molar-refractivity contribution in [2.24, 2.45) is 0 Å². The summed E-state index contributed by atoms with van der Waals surface area (Å²) in [5.74, 6) is -0.311. The molecule has 2 heteroatoms. The molecule has 0 radical (unpaired) electrons. The molecule has 0 N–H and O–H groups in total. The van der Waals surface area contributed by atoms with Crippen molar-refractivity contribution in [1.82, 2.24) is 0 Å². The molecule has 0 spiro atoms. The van der Waals surface area contributed by atoms with Gasteiger partial charge in [-0.15, -0.1) is 0 Å². The van der Waals surface area contributed by atoms with Gasteiger partial charge in [0.15, 0.2) is 0 Å². The highest BCUT2D eigenvalue weighted by atomic mass is 19.1. The zero-order chi connectivity index (χ0) is 13.2. The van der Waals surface area contributed by atoms with Crippen molar-refractivity contribution in [2.45, 2.75) is 0 Å². The Bertz CT molecular complexity index is 800. The van der Waals surface area contributed by atoms with Crippen molar-refractivity contribution in [2.75, 3.05) is 0 Å². The van der Waals surface area contributed by atoms with Gasteiger partial charge >= 0.3 is 0 Å². The van der Waals surface area contributed by atoms with Crippen molar-refractivity contribution >= 4 is 10.8 Å². The lowest BCUT2D eigenvalue weighted by molar-refractivity contribution is 0.631. The van der Waals surface area contributed by atoms with Crippen molar-refractivity contribution in [3.8, 4) is 17.2 Å². The molecule has 0 aromatic heterocycles. The molecule has 3 aromatic carbocycles. The Labute approximate surface area is 110 Å². The Morgan fingerprint density at radius 1 is 0.789 bits per heavy atom. The third-order valence-corrected chi connectivity index (χ3v) is 3.20. The summed E-state index contributed by atoms with van der Waals surface area (Å²) in [6, 6.07) is 20.1. The third kappa shape index (κ3) is 1.86. The van der Waals surface area contributed by atoms with Gasteiger partial charge in [-0.3, -0.25) is 0 Å². The van der Waals surface area contributed by atoms with E-state index in [-0.39, 0.29) is 5.82 Å². The van der Waals surface area contributed by atoms with E-state index in [1.54, 1.807) is 24.3 Å². The average molecular weight is 247 g/mol. The van der Waals surface area contributed by atoms with E-state index in [0.29, 0.717) is 16.7 Å². The standard InChI is InChI=1S/C17H10FN/c18-17-8-4-3-7-15(17)14-10-9-12-5-1-2-6-13(12)16(14)11-19/h1-10H. The molecule has 3 aromatic rings. The van der Waals surface area contributed by atoms with Gasteiger partial charge in [0, 0.05) is 16.5 Å². The summed E-state index contributed by atoms with van der Waals surface area (Å²) in [4.78, 5) is 0. The molecule has 0 aliphatic carbocycles. The Kier molecular flexibility index (Phi) is 2.74. The molecule has 19 heavy (non-hydrogen) atoms. The molecule has 1 nitrogen and oxygen atoms in total. The van der Waals surface area contributed by atoms with Crippen LogP contribution in [-0.2, 0) is 0 Å². The van der Waals surface area contributed by atoms with Gasteiger partial charge in [0.2, 0.25) is 0 Å². The maximum Gasteiger partial charge on any atom is 0.131 e. The molecular weight excluding hydrogens is 237 g/mol. The van der Waals surface area contributed by atoms with E-state index in [2.05, 4.69) is 6.07 Å². The summed E-state index contributed by atoms with van der Waals surface area (Å²) >= 11 is 0.